The lowest BCUT2D eigenvalue weighted by molar-refractivity contribution is 0.0973. The van der Waals surface area contributed by atoms with Crippen LogP contribution >= 0.6 is 0 Å². The SMILES string of the molecule is Cn1c2c(c3cc(C#N)ccc31)C(=O)CCC2. The summed E-state index contributed by atoms with van der Waals surface area (Å²) in [5.74, 6) is 0.215. The predicted molar refractivity (Wildman–Crippen MR) is 64.9 cm³/mol. The maximum absolute atomic E-state index is 12.0. The van der Waals surface area contributed by atoms with Crippen LogP contribution in [0.2, 0.25) is 0 Å². The number of hydrogen-bond donors (Lipinski definition) is 0. The molecule has 1 aliphatic rings. The minimum absolute atomic E-state index is 0.215. The number of Topliss-reactive ketones (excluding diaryl/α,β-unsaturated/α-hetero) is 1. The number of rotatable bonds is 0. The number of aryl methyl sites for hydroxylation is 1. The Kier molecular flexibility index (Phi) is 2.05. The molecule has 1 heterocycles. The summed E-state index contributed by atoms with van der Waals surface area (Å²) in [5, 5.41) is 9.87. The van der Waals surface area contributed by atoms with Gasteiger partial charge in [-0.15, -0.1) is 0 Å². The molecule has 3 heteroatoms. The summed E-state index contributed by atoms with van der Waals surface area (Å²) in [4.78, 5) is 12.0. The van der Waals surface area contributed by atoms with Gasteiger partial charge in [-0.3, -0.25) is 4.79 Å². The smallest absolute Gasteiger partial charge is 0.165 e. The molecule has 0 fully saturated rings. The monoisotopic (exact) mass is 224 g/mol. The number of aromatic nitrogens is 1. The third kappa shape index (κ3) is 1.31. The summed E-state index contributed by atoms with van der Waals surface area (Å²) in [6, 6.07) is 7.69. The minimum Gasteiger partial charge on any atom is -0.347 e. The predicted octanol–water partition coefficient (Wildman–Crippen LogP) is 2.57. The van der Waals surface area contributed by atoms with Gasteiger partial charge in [0.25, 0.3) is 0 Å². The molecular formula is C14H12N2O. The Bertz CT molecular complexity index is 674. The van der Waals surface area contributed by atoms with Gasteiger partial charge in [0.1, 0.15) is 0 Å². The minimum atomic E-state index is 0.215. The zero-order chi connectivity index (χ0) is 12.0. The standard InChI is InChI=1S/C14H12N2O/c1-16-11-6-5-9(8-15)7-10(11)14-12(16)3-2-4-13(14)17/h5-7H,2-4H2,1H3. The van der Waals surface area contributed by atoms with Crippen LogP contribution in [-0.2, 0) is 13.5 Å². The number of benzene rings is 1. The first-order valence-corrected chi connectivity index (χ1v) is 5.77. The molecule has 0 saturated heterocycles. The van der Waals surface area contributed by atoms with Crippen LogP contribution in [0, 0.1) is 11.3 Å². The third-order valence-electron chi connectivity index (χ3n) is 3.55. The lowest BCUT2D eigenvalue weighted by Crippen LogP contribution is -2.11. The van der Waals surface area contributed by atoms with Gasteiger partial charge in [0.15, 0.2) is 5.78 Å². The topological polar surface area (TPSA) is 45.8 Å². The average molecular weight is 224 g/mol. The highest BCUT2D eigenvalue weighted by Gasteiger charge is 2.24. The summed E-state index contributed by atoms with van der Waals surface area (Å²) in [5.41, 5.74) is 3.62. The van der Waals surface area contributed by atoms with Crippen molar-refractivity contribution in [1.82, 2.24) is 4.57 Å². The number of carbonyl (C=O) groups is 1. The van der Waals surface area contributed by atoms with Crippen LogP contribution in [0.3, 0.4) is 0 Å². The van der Waals surface area contributed by atoms with Crippen molar-refractivity contribution in [1.29, 1.82) is 5.26 Å². The Morgan fingerprint density at radius 3 is 2.94 bits per heavy atom. The van der Waals surface area contributed by atoms with Crippen molar-refractivity contribution in [2.45, 2.75) is 19.3 Å². The Balaban J connectivity index is 2.43. The van der Waals surface area contributed by atoms with Gasteiger partial charge in [-0.05, 0) is 31.0 Å². The average Bonchev–Trinajstić information content (AvgIpc) is 2.64. The highest BCUT2D eigenvalue weighted by molar-refractivity contribution is 6.10. The van der Waals surface area contributed by atoms with Crippen LogP contribution in [0.15, 0.2) is 18.2 Å². The van der Waals surface area contributed by atoms with Gasteiger partial charge in [0, 0.05) is 35.6 Å². The molecule has 0 saturated carbocycles. The van der Waals surface area contributed by atoms with Crippen molar-refractivity contribution in [2.75, 3.05) is 0 Å². The van der Waals surface area contributed by atoms with Crippen LogP contribution in [0.1, 0.15) is 34.5 Å². The van der Waals surface area contributed by atoms with Gasteiger partial charge < -0.3 is 4.57 Å². The molecule has 0 bridgehead atoms. The molecule has 0 N–H and O–H groups in total. The molecule has 1 aliphatic carbocycles. The van der Waals surface area contributed by atoms with Crippen molar-refractivity contribution >= 4 is 16.7 Å². The molecule has 0 radical (unpaired) electrons. The van der Waals surface area contributed by atoms with Crippen LogP contribution in [0.5, 0.6) is 0 Å². The second-order valence-electron chi connectivity index (χ2n) is 4.50. The fourth-order valence-electron chi connectivity index (χ4n) is 2.71. The van der Waals surface area contributed by atoms with Gasteiger partial charge in [-0.1, -0.05) is 0 Å². The van der Waals surface area contributed by atoms with E-state index in [1.54, 1.807) is 6.07 Å². The molecule has 0 atom stereocenters. The van der Waals surface area contributed by atoms with E-state index in [2.05, 4.69) is 10.6 Å². The summed E-state index contributed by atoms with van der Waals surface area (Å²) >= 11 is 0. The number of fused-ring (bicyclic) bond motifs is 3. The molecule has 0 unspecified atom stereocenters. The normalized spacial score (nSPS) is 14.7. The van der Waals surface area contributed by atoms with E-state index in [0.717, 1.165) is 35.0 Å². The molecule has 3 nitrogen and oxygen atoms in total. The summed E-state index contributed by atoms with van der Waals surface area (Å²) in [6.45, 7) is 0. The number of nitriles is 1. The largest absolute Gasteiger partial charge is 0.347 e. The van der Waals surface area contributed by atoms with Crippen LogP contribution in [-0.4, -0.2) is 10.4 Å². The first-order valence-electron chi connectivity index (χ1n) is 5.77. The molecule has 3 rings (SSSR count). The van der Waals surface area contributed by atoms with E-state index in [4.69, 9.17) is 5.26 Å². The quantitative estimate of drug-likeness (QED) is 0.690. The van der Waals surface area contributed by atoms with Gasteiger partial charge in [-0.2, -0.15) is 5.26 Å². The van der Waals surface area contributed by atoms with Gasteiger partial charge in [0.05, 0.1) is 11.6 Å². The van der Waals surface area contributed by atoms with Crippen molar-refractivity contribution in [3.05, 3.63) is 35.0 Å². The number of hydrogen-bond acceptors (Lipinski definition) is 2. The second-order valence-corrected chi connectivity index (χ2v) is 4.50. The summed E-state index contributed by atoms with van der Waals surface area (Å²) in [6.07, 6.45) is 2.51. The molecule has 0 spiro atoms. The van der Waals surface area contributed by atoms with E-state index >= 15 is 0 Å². The zero-order valence-corrected chi connectivity index (χ0v) is 9.66. The third-order valence-corrected chi connectivity index (χ3v) is 3.55. The van der Waals surface area contributed by atoms with Crippen LogP contribution in [0.4, 0.5) is 0 Å². The summed E-state index contributed by atoms with van der Waals surface area (Å²) < 4.78 is 2.09. The van der Waals surface area contributed by atoms with E-state index in [1.165, 1.54) is 0 Å². The maximum atomic E-state index is 12.0. The highest BCUT2D eigenvalue weighted by atomic mass is 16.1. The van der Waals surface area contributed by atoms with Crippen molar-refractivity contribution < 1.29 is 4.79 Å². The molecule has 84 valence electrons. The van der Waals surface area contributed by atoms with Crippen molar-refractivity contribution in [2.24, 2.45) is 7.05 Å². The Labute approximate surface area is 99.3 Å². The van der Waals surface area contributed by atoms with E-state index in [1.807, 2.05) is 19.2 Å². The Hall–Kier alpha value is -2.08. The molecule has 0 aliphatic heterocycles. The first kappa shape index (κ1) is 10.1. The fourth-order valence-corrected chi connectivity index (χ4v) is 2.71. The number of carbonyl (C=O) groups excluding carboxylic acids is 1. The van der Waals surface area contributed by atoms with Gasteiger partial charge >= 0.3 is 0 Å². The Morgan fingerprint density at radius 2 is 2.18 bits per heavy atom. The molecule has 1 aromatic carbocycles. The van der Waals surface area contributed by atoms with Crippen molar-refractivity contribution in [3.8, 4) is 6.07 Å². The second kappa shape index (κ2) is 3.46. The van der Waals surface area contributed by atoms with Crippen LogP contribution in [0.25, 0.3) is 10.9 Å². The fraction of sp³-hybridized carbons (Fsp3) is 0.286. The molecule has 2 aromatic rings. The lowest BCUT2D eigenvalue weighted by Gasteiger charge is -2.12. The van der Waals surface area contributed by atoms with Gasteiger partial charge in [-0.25, -0.2) is 0 Å². The van der Waals surface area contributed by atoms with E-state index in [9.17, 15) is 4.79 Å². The van der Waals surface area contributed by atoms with Gasteiger partial charge in [0.2, 0.25) is 0 Å². The molecule has 0 amide bonds. The van der Waals surface area contributed by atoms with Crippen LogP contribution < -0.4 is 0 Å². The Morgan fingerprint density at radius 1 is 1.35 bits per heavy atom. The highest BCUT2D eigenvalue weighted by Crippen LogP contribution is 2.31. The number of nitrogens with zero attached hydrogens (tertiary/aromatic N) is 2. The lowest BCUT2D eigenvalue weighted by atomic mass is 9.94. The molecule has 17 heavy (non-hydrogen) atoms. The van der Waals surface area contributed by atoms with E-state index in [-0.39, 0.29) is 5.78 Å². The first-order chi connectivity index (χ1) is 8.22. The van der Waals surface area contributed by atoms with E-state index < -0.39 is 0 Å². The summed E-state index contributed by atoms with van der Waals surface area (Å²) in [7, 11) is 1.99. The molecular weight excluding hydrogens is 212 g/mol. The maximum Gasteiger partial charge on any atom is 0.165 e. The van der Waals surface area contributed by atoms with E-state index in [0.29, 0.717) is 12.0 Å². The number of ketones is 1. The zero-order valence-electron chi connectivity index (χ0n) is 9.66. The molecule has 1 aromatic heterocycles. The van der Waals surface area contributed by atoms with Crippen molar-refractivity contribution in [3.63, 3.8) is 0 Å².